The van der Waals surface area contributed by atoms with E-state index in [1.165, 1.54) is 18.3 Å². The summed E-state index contributed by atoms with van der Waals surface area (Å²) in [6, 6.07) is 1.52. The van der Waals surface area contributed by atoms with E-state index in [-0.39, 0.29) is 29.7 Å². The van der Waals surface area contributed by atoms with Crippen molar-refractivity contribution < 1.29 is 19.4 Å². The Hall–Kier alpha value is -2.16. The SMILES string of the molecule is Cl.Nc1ncc(/C=C/C(=O)O)cc1C(=O)NCCN1CCOCC1. The highest BCUT2D eigenvalue weighted by Gasteiger charge is 2.13. The summed E-state index contributed by atoms with van der Waals surface area (Å²) in [7, 11) is 0. The van der Waals surface area contributed by atoms with Gasteiger partial charge in [-0.15, -0.1) is 12.4 Å². The van der Waals surface area contributed by atoms with Crippen LogP contribution in [0.3, 0.4) is 0 Å². The number of hydrogen-bond donors (Lipinski definition) is 3. The van der Waals surface area contributed by atoms with E-state index in [0.29, 0.717) is 25.3 Å². The fourth-order valence-corrected chi connectivity index (χ4v) is 2.18. The molecule has 1 aliphatic rings. The molecule has 0 aromatic carbocycles. The molecular formula is C15H21ClN4O4. The van der Waals surface area contributed by atoms with Crippen LogP contribution < -0.4 is 11.1 Å². The van der Waals surface area contributed by atoms with Gasteiger partial charge in [-0.3, -0.25) is 9.69 Å². The van der Waals surface area contributed by atoms with E-state index >= 15 is 0 Å². The van der Waals surface area contributed by atoms with Crippen molar-refractivity contribution in [3.63, 3.8) is 0 Å². The van der Waals surface area contributed by atoms with Crippen LogP contribution in [-0.4, -0.2) is 66.3 Å². The number of ether oxygens (including phenoxy) is 1. The topological polar surface area (TPSA) is 118 Å². The van der Waals surface area contributed by atoms with Crippen molar-refractivity contribution in [2.75, 3.05) is 45.1 Å². The number of nitrogen functional groups attached to an aromatic ring is 1. The average molecular weight is 357 g/mol. The van der Waals surface area contributed by atoms with Crippen molar-refractivity contribution in [3.8, 4) is 0 Å². The number of amides is 1. The summed E-state index contributed by atoms with van der Waals surface area (Å²) in [4.78, 5) is 28.8. The summed E-state index contributed by atoms with van der Waals surface area (Å²) < 4.78 is 5.26. The summed E-state index contributed by atoms with van der Waals surface area (Å²) in [5, 5.41) is 11.4. The van der Waals surface area contributed by atoms with Gasteiger partial charge in [0.15, 0.2) is 0 Å². The van der Waals surface area contributed by atoms with Crippen LogP contribution >= 0.6 is 12.4 Å². The van der Waals surface area contributed by atoms with E-state index < -0.39 is 5.97 Å². The summed E-state index contributed by atoms with van der Waals surface area (Å²) >= 11 is 0. The molecule has 2 rings (SSSR count). The van der Waals surface area contributed by atoms with Gasteiger partial charge in [-0.05, 0) is 17.7 Å². The van der Waals surface area contributed by atoms with E-state index in [1.54, 1.807) is 0 Å². The Balaban J connectivity index is 0.00000288. The van der Waals surface area contributed by atoms with E-state index in [2.05, 4.69) is 15.2 Å². The molecule has 0 aliphatic carbocycles. The van der Waals surface area contributed by atoms with Crippen LogP contribution in [-0.2, 0) is 9.53 Å². The lowest BCUT2D eigenvalue weighted by Crippen LogP contribution is -2.41. The zero-order valence-electron chi connectivity index (χ0n) is 13.1. The van der Waals surface area contributed by atoms with Gasteiger partial charge < -0.3 is 20.9 Å². The Kier molecular flexibility index (Phi) is 8.17. The molecule has 1 aromatic heterocycles. The van der Waals surface area contributed by atoms with Crippen molar-refractivity contribution in [2.45, 2.75) is 0 Å². The summed E-state index contributed by atoms with van der Waals surface area (Å²) in [6.45, 7) is 4.37. The maximum absolute atomic E-state index is 12.2. The Labute approximate surface area is 146 Å². The molecule has 9 heteroatoms. The average Bonchev–Trinajstić information content (AvgIpc) is 2.55. The Morgan fingerprint density at radius 3 is 2.79 bits per heavy atom. The standard InChI is InChI=1S/C15H20N4O4.ClH/c16-14-12(9-11(10-18-14)1-2-13(20)21)15(22)17-3-4-19-5-7-23-8-6-19;/h1-2,9-10H,3-8H2,(H2,16,18)(H,17,22)(H,20,21);1H/b2-1+;. The highest BCUT2D eigenvalue weighted by Crippen LogP contribution is 2.12. The van der Waals surface area contributed by atoms with Gasteiger partial charge in [0.1, 0.15) is 5.82 Å². The van der Waals surface area contributed by atoms with Crippen LogP contribution in [0.5, 0.6) is 0 Å². The smallest absolute Gasteiger partial charge is 0.328 e. The van der Waals surface area contributed by atoms with Crippen LogP contribution in [0.25, 0.3) is 6.08 Å². The molecule has 8 nitrogen and oxygen atoms in total. The second-order valence-electron chi connectivity index (χ2n) is 5.08. The van der Waals surface area contributed by atoms with Gasteiger partial charge in [0.25, 0.3) is 5.91 Å². The van der Waals surface area contributed by atoms with Crippen molar-refractivity contribution in [2.24, 2.45) is 0 Å². The fraction of sp³-hybridized carbons (Fsp3) is 0.400. The quantitative estimate of drug-likeness (QED) is 0.625. The maximum Gasteiger partial charge on any atom is 0.328 e. The number of morpholine rings is 1. The minimum Gasteiger partial charge on any atom is -0.478 e. The minimum atomic E-state index is -1.07. The third-order valence-electron chi connectivity index (χ3n) is 3.42. The number of rotatable bonds is 6. The molecule has 1 aliphatic heterocycles. The molecule has 0 radical (unpaired) electrons. The number of nitrogens with one attached hydrogen (secondary N) is 1. The number of anilines is 1. The Bertz CT molecular complexity index is 603. The number of nitrogens with two attached hydrogens (primary N) is 1. The van der Waals surface area contributed by atoms with E-state index in [0.717, 1.165) is 25.7 Å². The second kappa shape index (κ2) is 9.86. The van der Waals surface area contributed by atoms with Gasteiger partial charge >= 0.3 is 5.97 Å². The predicted molar refractivity (Wildman–Crippen MR) is 92.2 cm³/mol. The molecular weight excluding hydrogens is 336 g/mol. The van der Waals surface area contributed by atoms with Crippen LogP contribution in [0.2, 0.25) is 0 Å². The molecule has 0 bridgehead atoms. The summed E-state index contributed by atoms with van der Waals surface area (Å²) in [6.07, 6.45) is 3.76. The molecule has 132 valence electrons. The van der Waals surface area contributed by atoms with Gasteiger partial charge in [0, 0.05) is 38.5 Å². The third kappa shape index (κ3) is 6.15. The lowest BCUT2D eigenvalue weighted by Gasteiger charge is -2.26. The van der Waals surface area contributed by atoms with Crippen LogP contribution in [0.15, 0.2) is 18.3 Å². The van der Waals surface area contributed by atoms with Gasteiger partial charge in [-0.1, -0.05) is 0 Å². The number of nitrogens with zero attached hydrogens (tertiary/aromatic N) is 2. The second-order valence-corrected chi connectivity index (χ2v) is 5.08. The number of carboxylic acid groups (broad SMARTS) is 1. The molecule has 0 unspecified atom stereocenters. The predicted octanol–water partition coefficient (Wildman–Crippen LogP) is 0.245. The number of pyridine rings is 1. The van der Waals surface area contributed by atoms with E-state index in [4.69, 9.17) is 15.6 Å². The fourth-order valence-electron chi connectivity index (χ4n) is 2.18. The van der Waals surface area contributed by atoms with Crippen molar-refractivity contribution in [1.82, 2.24) is 15.2 Å². The van der Waals surface area contributed by atoms with Crippen molar-refractivity contribution in [1.29, 1.82) is 0 Å². The molecule has 4 N–H and O–H groups in total. The lowest BCUT2D eigenvalue weighted by molar-refractivity contribution is -0.131. The minimum absolute atomic E-state index is 0. The van der Waals surface area contributed by atoms with Crippen LogP contribution in [0, 0.1) is 0 Å². The Morgan fingerprint density at radius 1 is 1.42 bits per heavy atom. The van der Waals surface area contributed by atoms with Crippen LogP contribution in [0.4, 0.5) is 5.82 Å². The molecule has 0 spiro atoms. The van der Waals surface area contributed by atoms with Crippen molar-refractivity contribution in [3.05, 3.63) is 29.5 Å². The van der Waals surface area contributed by atoms with E-state index in [9.17, 15) is 9.59 Å². The molecule has 0 saturated carbocycles. The van der Waals surface area contributed by atoms with Crippen molar-refractivity contribution >= 4 is 36.2 Å². The third-order valence-corrected chi connectivity index (χ3v) is 3.42. The highest BCUT2D eigenvalue weighted by molar-refractivity contribution is 5.99. The number of carbonyl (C=O) groups excluding carboxylic acids is 1. The molecule has 1 saturated heterocycles. The first-order chi connectivity index (χ1) is 11.1. The number of aliphatic carboxylic acids is 1. The first-order valence-electron chi connectivity index (χ1n) is 7.31. The van der Waals surface area contributed by atoms with E-state index in [1.807, 2.05) is 0 Å². The number of carboxylic acids is 1. The highest BCUT2D eigenvalue weighted by atomic mass is 35.5. The number of hydrogen-bond acceptors (Lipinski definition) is 6. The summed E-state index contributed by atoms with van der Waals surface area (Å²) in [5.74, 6) is -1.28. The number of aromatic nitrogens is 1. The molecule has 2 heterocycles. The van der Waals surface area contributed by atoms with Gasteiger partial charge in [-0.2, -0.15) is 0 Å². The van der Waals surface area contributed by atoms with Gasteiger partial charge in [-0.25, -0.2) is 9.78 Å². The van der Waals surface area contributed by atoms with Gasteiger partial charge in [0.2, 0.25) is 0 Å². The summed E-state index contributed by atoms with van der Waals surface area (Å²) in [5.41, 5.74) is 6.46. The molecule has 0 atom stereocenters. The van der Waals surface area contributed by atoms with Gasteiger partial charge in [0.05, 0.1) is 18.8 Å². The van der Waals surface area contributed by atoms with Crippen LogP contribution in [0.1, 0.15) is 15.9 Å². The zero-order chi connectivity index (χ0) is 16.7. The molecule has 24 heavy (non-hydrogen) atoms. The first kappa shape index (κ1) is 19.9. The maximum atomic E-state index is 12.2. The molecule has 1 aromatic rings. The lowest BCUT2D eigenvalue weighted by atomic mass is 10.1. The monoisotopic (exact) mass is 356 g/mol. The largest absolute Gasteiger partial charge is 0.478 e. The normalized spacial score (nSPS) is 15.0. The molecule has 1 fully saturated rings. The zero-order valence-corrected chi connectivity index (χ0v) is 13.9. The number of carbonyl (C=O) groups is 2. The number of halogens is 1. The first-order valence-corrected chi connectivity index (χ1v) is 7.31. The Morgan fingerprint density at radius 2 is 2.12 bits per heavy atom. The molecule has 1 amide bonds.